The summed E-state index contributed by atoms with van der Waals surface area (Å²) in [6.45, 7) is 0.501. The minimum Gasteiger partial charge on any atom is -0.451 e. The van der Waals surface area contributed by atoms with Crippen molar-refractivity contribution in [1.82, 2.24) is 20.1 Å². The fourth-order valence-electron chi connectivity index (χ4n) is 3.95. The van der Waals surface area contributed by atoms with E-state index >= 15 is 0 Å². The summed E-state index contributed by atoms with van der Waals surface area (Å²) < 4.78 is 21.7. The van der Waals surface area contributed by atoms with Gasteiger partial charge in [0.05, 0.1) is 5.56 Å². The van der Waals surface area contributed by atoms with Crippen LogP contribution in [-0.4, -0.2) is 33.5 Å². The molecule has 3 aromatic rings. The highest BCUT2D eigenvalue weighted by Crippen LogP contribution is 2.33. The first-order valence-corrected chi connectivity index (χ1v) is 11.5. The van der Waals surface area contributed by atoms with Crippen molar-refractivity contribution in [2.75, 3.05) is 12.8 Å². The van der Waals surface area contributed by atoms with Crippen molar-refractivity contribution in [1.29, 1.82) is 0 Å². The van der Waals surface area contributed by atoms with Crippen LogP contribution in [0.3, 0.4) is 0 Å². The Kier molecular flexibility index (Phi) is 6.52. The van der Waals surface area contributed by atoms with Crippen molar-refractivity contribution >= 4 is 17.7 Å². The van der Waals surface area contributed by atoms with E-state index in [1.807, 2.05) is 6.26 Å². The number of thioether (sulfide) groups is 1. The second kappa shape index (κ2) is 9.47. The van der Waals surface area contributed by atoms with Gasteiger partial charge in [0.2, 0.25) is 0 Å². The number of aromatic nitrogens is 3. The number of amides is 1. The van der Waals surface area contributed by atoms with Gasteiger partial charge in [-0.3, -0.25) is 4.79 Å². The topological polar surface area (TPSA) is 73.0 Å². The van der Waals surface area contributed by atoms with E-state index in [2.05, 4.69) is 20.1 Å². The maximum atomic E-state index is 13.9. The molecule has 158 valence electrons. The van der Waals surface area contributed by atoms with Gasteiger partial charge in [0.25, 0.3) is 5.91 Å². The zero-order valence-corrected chi connectivity index (χ0v) is 17.8. The van der Waals surface area contributed by atoms with Gasteiger partial charge < -0.3 is 14.3 Å². The number of carbonyl (C=O) groups excluding carboxylic acids is 1. The number of nitrogens with one attached hydrogen (secondary N) is 1. The Morgan fingerprint density at radius 2 is 2.03 bits per heavy atom. The fourth-order valence-corrected chi connectivity index (χ4v) is 4.52. The lowest BCUT2D eigenvalue weighted by atomic mass is 10.1. The summed E-state index contributed by atoms with van der Waals surface area (Å²) >= 11 is 1.63. The number of furan rings is 1. The molecule has 1 aliphatic rings. The van der Waals surface area contributed by atoms with Gasteiger partial charge in [-0.15, -0.1) is 10.2 Å². The number of hydrogen-bond acceptors (Lipinski definition) is 5. The van der Waals surface area contributed by atoms with Crippen LogP contribution in [0.5, 0.6) is 0 Å². The van der Waals surface area contributed by atoms with Gasteiger partial charge in [0.1, 0.15) is 17.4 Å². The van der Waals surface area contributed by atoms with Gasteiger partial charge in [-0.05, 0) is 49.8 Å². The van der Waals surface area contributed by atoms with Crippen molar-refractivity contribution in [2.24, 2.45) is 0 Å². The second-order valence-electron chi connectivity index (χ2n) is 7.41. The molecule has 2 aromatic heterocycles. The van der Waals surface area contributed by atoms with Crippen LogP contribution in [0.15, 0.2) is 46.0 Å². The third-order valence-electron chi connectivity index (χ3n) is 5.44. The largest absolute Gasteiger partial charge is 0.451 e. The summed E-state index contributed by atoms with van der Waals surface area (Å²) in [4.78, 5) is 12.4. The predicted molar refractivity (Wildman–Crippen MR) is 114 cm³/mol. The molecule has 0 atom stereocenters. The van der Waals surface area contributed by atoms with E-state index in [9.17, 15) is 9.18 Å². The summed E-state index contributed by atoms with van der Waals surface area (Å²) in [6, 6.07) is 10.0. The maximum absolute atomic E-state index is 13.9. The first-order chi connectivity index (χ1) is 14.7. The van der Waals surface area contributed by atoms with Gasteiger partial charge >= 0.3 is 0 Å². The lowest BCUT2D eigenvalue weighted by molar-refractivity contribution is 0.0926. The third-order valence-corrected chi connectivity index (χ3v) is 6.08. The van der Waals surface area contributed by atoms with Crippen LogP contribution < -0.4 is 5.32 Å². The van der Waals surface area contributed by atoms with Crippen LogP contribution in [0.25, 0.3) is 11.3 Å². The van der Waals surface area contributed by atoms with E-state index in [4.69, 9.17) is 4.42 Å². The Hall–Kier alpha value is -2.61. The van der Waals surface area contributed by atoms with Gasteiger partial charge in [-0.1, -0.05) is 36.7 Å². The molecule has 1 saturated carbocycles. The molecule has 30 heavy (non-hydrogen) atoms. The first-order valence-electron chi connectivity index (χ1n) is 10.3. The quantitative estimate of drug-likeness (QED) is 0.409. The summed E-state index contributed by atoms with van der Waals surface area (Å²) in [7, 11) is 0. The van der Waals surface area contributed by atoms with Crippen LogP contribution in [0.1, 0.15) is 54.5 Å². The fraction of sp³-hybridized carbons (Fsp3) is 0.409. The van der Waals surface area contributed by atoms with E-state index in [0.29, 0.717) is 23.9 Å². The lowest BCUT2D eigenvalue weighted by Gasteiger charge is -2.16. The van der Waals surface area contributed by atoms with Gasteiger partial charge in [0.15, 0.2) is 10.9 Å². The molecule has 0 aliphatic heterocycles. The Morgan fingerprint density at radius 1 is 1.23 bits per heavy atom. The number of hydrogen-bond donors (Lipinski definition) is 1. The molecule has 6 nitrogen and oxygen atoms in total. The molecule has 1 fully saturated rings. The Labute approximate surface area is 179 Å². The van der Waals surface area contributed by atoms with Crippen LogP contribution in [-0.2, 0) is 6.42 Å². The monoisotopic (exact) mass is 428 g/mol. The molecule has 8 heteroatoms. The number of nitrogens with zero attached hydrogens (tertiary/aromatic N) is 3. The number of carbonyl (C=O) groups is 1. The molecule has 1 amide bonds. The van der Waals surface area contributed by atoms with Gasteiger partial charge in [0, 0.05) is 19.0 Å². The number of aryl methyl sites for hydroxylation is 1. The lowest BCUT2D eigenvalue weighted by Crippen LogP contribution is -2.24. The van der Waals surface area contributed by atoms with Crippen molar-refractivity contribution in [3.05, 3.63) is 53.8 Å². The van der Waals surface area contributed by atoms with Crippen molar-refractivity contribution in [3.8, 4) is 11.3 Å². The minimum absolute atomic E-state index is 0.173. The van der Waals surface area contributed by atoms with Crippen LogP contribution in [0, 0.1) is 5.82 Å². The van der Waals surface area contributed by atoms with E-state index in [1.54, 1.807) is 42.1 Å². The smallest absolute Gasteiger partial charge is 0.287 e. The molecule has 0 unspecified atom stereocenters. The van der Waals surface area contributed by atoms with E-state index in [0.717, 1.165) is 23.8 Å². The molecule has 4 rings (SSSR count). The Bertz CT molecular complexity index is 1010. The molecular weight excluding hydrogens is 403 g/mol. The SMILES string of the molecule is CSc1nnc(CCCNC(=O)c2ccc(-c3ccccc3F)o2)n1C1CCCC1. The van der Waals surface area contributed by atoms with E-state index in [1.165, 1.54) is 31.7 Å². The summed E-state index contributed by atoms with van der Waals surface area (Å²) in [5, 5.41) is 12.5. The third kappa shape index (κ3) is 4.43. The standard InChI is InChI=1S/C22H25FN4O2S/c1-30-22-26-25-20(27(22)15-7-2-3-8-15)11-6-14-24-21(28)19-13-12-18(29-19)16-9-4-5-10-17(16)23/h4-5,9-10,12-13,15H,2-3,6-8,11,14H2,1H3,(H,24,28). The van der Waals surface area contributed by atoms with Crippen LogP contribution in [0.2, 0.25) is 0 Å². The maximum Gasteiger partial charge on any atom is 0.287 e. The number of benzene rings is 1. The van der Waals surface area contributed by atoms with Crippen LogP contribution >= 0.6 is 11.8 Å². The normalized spacial score (nSPS) is 14.3. The molecule has 0 spiro atoms. The Morgan fingerprint density at radius 3 is 2.80 bits per heavy atom. The number of halogens is 1. The molecular formula is C22H25FN4O2S. The summed E-state index contributed by atoms with van der Waals surface area (Å²) in [6.07, 6.45) is 8.40. The highest BCUT2D eigenvalue weighted by Gasteiger charge is 2.23. The molecule has 0 saturated heterocycles. The highest BCUT2D eigenvalue weighted by molar-refractivity contribution is 7.98. The molecule has 0 radical (unpaired) electrons. The number of rotatable bonds is 8. The van der Waals surface area contributed by atoms with Crippen molar-refractivity contribution in [2.45, 2.75) is 49.7 Å². The van der Waals surface area contributed by atoms with E-state index < -0.39 is 0 Å². The van der Waals surface area contributed by atoms with Crippen molar-refractivity contribution < 1.29 is 13.6 Å². The first kappa shape index (κ1) is 20.7. The summed E-state index contributed by atoms with van der Waals surface area (Å²) in [5.41, 5.74) is 0.340. The highest BCUT2D eigenvalue weighted by atomic mass is 32.2. The summed E-state index contributed by atoms with van der Waals surface area (Å²) in [5.74, 6) is 0.814. The average molecular weight is 429 g/mol. The zero-order valence-electron chi connectivity index (χ0n) is 16.9. The van der Waals surface area contributed by atoms with E-state index in [-0.39, 0.29) is 17.5 Å². The molecule has 1 aliphatic carbocycles. The van der Waals surface area contributed by atoms with Gasteiger partial charge in [-0.25, -0.2) is 4.39 Å². The molecule has 0 bridgehead atoms. The molecule has 1 N–H and O–H groups in total. The Balaban J connectivity index is 1.32. The van der Waals surface area contributed by atoms with Crippen LogP contribution in [0.4, 0.5) is 4.39 Å². The minimum atomic E-state index is -0.380. The average Bonchev–Trinajstić information content (AvgIpc) is 3.51. The second-order valence-corrected chi connectivity index (χ2v) is 8.19. The predicted octanol–water partition coefficient (Wildman–Crippen LogP) is 4.88. The van der Waals surface area contributed by atoms with Crippen molar-refractivity contribution in [3.63, 3.8) is 0 Å². The molecule has 1 aromatic carbocycles. The zero-order chi connectivity index (χ0) is 20.9. The van der Waals surface area contributed by atoms with Gasteiger partial charge in [-0.2, -0.15) is 0 Å². The molecule has 2 heterocycles.